The van der Waals surface area contributed by atoms with Gasteiger partial charge in [0.1, 0.15) is 22.3 Å². The van der Waals surface area contributed by atoms with Crippen molar-refractivity contribution in [1.29, 1.82) is 0 Å². The van der Waals surface area contributed by atoms with E-state index in [1.54, 1.807) is 0 Å². The highest BCUT2D eigenvalue weighted by atomic mass is 16.3. The molecule has 4 nitrogen and oxygen atoms in total. The van der Waals surface area contributed by atoms with Gasteiger partial charge in [-0.05, 0) is 83.1 Å². The van der Waals surface area contributed by atoms with Gasteiger partial charge in [0.05, 0.1) is 22.4 Å². The summed E-state index contributed by atoms with van der Waals surface area (Å²) in [7, 11) is 0. The van der Waals surface area contributed by atoms with Crippen LogP contribution in [0.3, 0.4) is 0 Å². The van der Waals surface area contributed by atoms with Gasteiger partial charge in [-0.3, -0.25) is 0 Å². The summed E-state index contributed by atoms with van der Waals surface area (Å²) in [6, 6.07) is 78.0. The van der Waals surface area contributed by atoms with Crippen molar-refractivity contribution < 1.29 is 8.83 Å². The first-order valence-corrected chi connectivity index (χ1v) is 21.1. The van der Waals surface area contributed by atoms with Crippen molar-refractivity contribution in [3.63, 3.8) is 0 Å². The molecule has 3 heterocycles. The molecule has 0 bridgehead atoms. The number of fused-ring (bicyclic) bond motifs is 10. The van der Waals surface area contributed by atoms with E-state index in [1.165, 1.54) is 27.2 Å². The smallest absolute Gasteiger partial charge is 0.145 e. The van der Waals surface area contributed by atoms with Crippen LogP contribution < -0.4 is 4.90 Å². The molecule has 4 heteroatoms. The van der Waals surface area contributed by atoms with E-state index in [0.717, 1.165) is 94.3 Å². The van der Waals surface area contributed by atoms with Crippen molar-refractivity contribution in [3.05, 3.63) is 218 Å². The number of benzene rings is 10. The molecule has 62 heavy (non-hydrogen) atoms. The number of nitrogens with zero attached hydrogens (tertiary/aromatic N) is 2. The largest absolute Gasteiger partial charge is 0.455 e. The first-order valence-electron chi connectivity index (χ1n) is 21.1. The lowest BCUT2D eigenvalue weighted by atomic mass is 9.95. The molecule has 0 unspecified atom stereocenters. The normalized spacial score (nSPS) is 11.9. The standard InChI is InChI=1S/C58H36N2O2/c1-2-16-38-35-41(32-31-37(38)15-1)60(52-28-10-5-21-44(52)47-24-14-25-48-45-22-6-11-29-54(45)61-57(47)48)53-34-33-49-46-23-7-12-30-55(46)62-58(49)56(53)39-17-13-18-40(36-39)59-50-26-8-3-19-42(50)43-20-4-9-27-51(43)59/h1-36H. The fourth-order valence-electron chi connectivity index (χ4n) is 9.82. The summed E-state index contributed by atoms with van der Waals surface area (Å²) in [5, 5.41) is 9.16. The summed E-state index contributed by atoms with van der Waals surface area (Å²) in [5.41, 5.74) is 14.0. The highest BCUT2D eigenvalue weighted by molar-refractivity contribution is 6.15. The summed E-state index contributed by atoms with van der Waals surface area (Å²) in [6.45, 7) is 0. The molecule has 10 aromatic carbocycles. The Balaban J connectivity index is 1.12. The summed E-state index contributed by atoms with van der Waals surface area (Å²) < 4.78 is 16.1. The van der Waals surface area contributed by atoms with Crippen LogP contribution in [0.2, 0.25) is 0 Å². The van der Waals surface area contributed by atoms with Gasteiger partial charge in [0, 0.05) is 60.4 Å². The topological polar surface area (TPSA) is 34.5 Å². The van der Waals surface area contributed by atoms with Crippen LogP contribution in [0, 0.1) is 0 Å². The zero-order valence-electron chi connectivity index (χ0n) is 33.5. The zero-order valence-corrected chi connectivity index (χ0v) is 33.5. The Bertz CT molecular complexity index is 3850. The maximum absolute atomic E-state index is 7.00. The third kappa shape index (κ3) is 5.20. The highest BCUT2D eigenvalue weighted by Gasteiger charge is 2.26. The molecule has 0 aliphatic carbocycles. The fourth-order valence-corrected chi connectivity index (χ4v) is 9.82. The number of hydrogen-bond donors (Lipinski definition) is 0. The minimum absolute atomic E-state index is 0.839. The summed E-state index contributed by atoms with van der Waals surface area (Å²) >= 11 is 0. The van der Waals surface area contributed by atoms with Crippen LogP contribution >= 0.6 is 0 Å². The minimum Gasteiger partial charge on any atom is -0.455 e. The molecular weight excluding hydrogens is 757 g/mol. The summed E-state index contributed by atoms with van der Waals surface area (Å²) in [6.07, 6.45) is 0. The quantitative estimate of drug-likeness (QED) is 0.168. The van der Waals surface area contributed by atoms with Crippen LogP contribution in [0.5, 0.6) is 0 Å². The maximum atomic E-state index is 7.00. The molecule has 0 N–H and O–H groups in total. The molecule has 0 fully saturated rings. The molecule has 0 aliphatic rings. The first kappa shape index (κ1) is 34.5. The van der Waals surface area contributed by atoms with Crippen molar-refractivity contribution in [1.82, 2.24) is 4.57 Å². The van der Waals surface area contributed by atoms with Crippen molar-refractivity contribution in [2.75, 3.05) is 4.90 Å². The number of hydrogen-bond acceptors (Lipinski definition) is 3. The number of para-hydroxylation sites is 6. The van der Waals surface area contributed by atoms with Crippen LogP contribution in [-0.4, -0.2) is 4.57 Å². The minimum atomic E-state index is 0.839. The van der Waals surface area contributed by atoms with Crippen LogP contribution in [0.15, 0.2) is 227 Å². The van der Waals surface area contributed by atoms with Crippen LogP contribution in [0.4, 0.5) is 17.1 Å². The van der Waals surface area contributed by atoms with Crippen molar-refractivity contribution in [2.24, 2.45) is 0 Å². The molecule has 0 saturated carbocycles. The predicted octanol–water partition coefficient (Wildman–Crippen LogP) is 16.5. The summed E-state index contributed by atoms with van der Waals surface area (Å²) in [4.78, 5) is 2.42. The molecule has 0 amide bonds. The van der Waals surface area contributed by atoms with Gasteiger partial charge in [-0.1, -0.05) is 152 Å². The number of anilines is 3. The fraction of sp³-hybridized carbons (Fsp3) is 0. The molecule has 3 aromatic heterocycles. The molecular formula is C58H36N2O2. The highest BCUT2D eigenvalue weighted by Crippen LogP contribution is 2.50. The Morgan fingerprint density at radius 2 is 0.935 bits per heavy atom. The second-order valence-electron chi connectivity index (χ2n) is 16.0. The molecule has 0 radical (unpaired) electrons. The number of aromatic nitrogens is 1. The van der Waals surface area contributed by atoms with Gasteiger partial charge < -0.3 is 18.3 Å². The predicted molar refractivity (Wildman–Crippen MR) is 258 cm³/mol. The van der Waals surface area contributed by atoms with Gasteiger partial charge in [-0.2, -0.15) is 0 Å². The van der Waals surface area contributed by atoms with Crippen molar-refractivity contribution >= 4 is 93.5 Å². The lowest BCUT2D eigenvalue weighted by Gasteiger charge is -2.30. The Labute approximate surface area is 356 Å². The second kappa shape index (κ2) is 13.6. The van der Waals surface area contributed by atoms with Crippen LogP contribution in [0.1, 0.15) is 0 Å². The van der Waals surface area contributed by atoms with Gasteiger partial charge in [0.15, 0.2) is 0 Å². The SMILES string of the molecule is c1cc(-c2c(N(c3ccc4ccccc4c3)c3ccccc3-c3cccc4c3oc3ccccc34)ccc3c2oc2ccccc23)cc(-n2c3ccccc3c3ccccc32)c1. The van der Waals surface area contributed by atoms with Gasteiger partial charge in [0.25, 0.3) is 0 Å². The molecule has 13 rings (SSSR count). The number of rotatable bonds is 6. The van der Waals surface area contributed by atoms with Crippen molar-refractivity contribution in [2.45, 2.75) is 0 Å². The first-order chi connectivity index (χ1) is 30.8. The van der Waals surface area contributed by atoms with E-state index in [4.69, 9.17) is 8.83 Å². The third-order valence-corrected chi connectivity index (χ3v) is 12.6. The monoisotopic (exact) mass is 792 g/mol. The molecule has 290 valence electrons. The Kier molecular flexibility index (Phi) is 7.57. The molecule has 0 spiro atoms. The third-order valence-electron chi connectivity index (χ3n) is 12.6. The van der Waals surface area contributed by atoms with Gasteiger partial charge in [-0.25, -0.2) is 0 Å². The molecule has 13 aromatic rings. The second-order valence-corrected chi connectivity index (χ2v) is 16.0. The van der Waals surface area contributed by atoms with E-state index in [1.807, 2.05) is 12.1 Å². The van der Waals surface area contributed by atoms with Crippen LogP contribution in [0.25, 0.3) is 104 Å². The summed E-state index contributed by atoms with van der Waals surface area (Å²) in [5.74, 6) is 0. The zero-order chi connectivity index (χ0) is 40.7. The van der Waals surface area contributed by atoms with Gasteiger partial charge in [-0.15, -0.1) is 0 Å². The van der Waals surface area contributed by atoms with E-state index < -0.39 is 0 Å². The van der Waals surface area contributed by atoms with Crippen LogP contribution in [-0.2, 0) is 0 Å². The number of furan rings is 2. The van der Waals surface area contributed by atoms with Crippen molar-refractivity contribution in [3.8, 4) is 27.9 Å². The van der Waals surface area contributed by atoms with Gasteiger partial charge >= 0.3 is 0 Å². The Morgan fingerprint density at radius 1 is 0.355 bits per heavy atom. The molecule has 0 atom stereocenters. The van der Waals surface area contributed by atoms with E-state index in [2.05, 4.69) is 216 Å². The molecule has 0 aliphatic heterocycles. The van der Waals surface area contributed by atoms with Gasteiger partial charge in [0.2, 0.25) is 0 Å². The Morgan fingerprint density at radius 3 is 1.71 bits per heavy atom. The molecule has 0 saturated heterocycles. The Hall–Kier alpha value is -8.34. The average molecular weight is 793 g/mol. The van der Waals surface area contributed by atoms with E-state index in [0.29, 0.717) is 0 Å². The lowest BCUT2D eigenvalue weighted by Crippen LogP contribution is -2.12. The average Bonchev–Trinajstić information content (AvgIpc) is 4.02. The van der Waals surface area contributed by atoms with E-state index >= 15 is 0 Å². The van der Waals surface area contributed by atoms with E-state index in [9.17, 15) is 0 Å². The maximum Gasteiger partial charge on any atom is 0.145 e. The van der Waals surface area contributed by atoms with E-state index in [-0.39, 0.29) is 0 Å². The lowest BCUT2D eigenvalue weighted by molar-refractivity contribution is 0.669.